The van der Waals surface area contributed by atoms with Crippen molar-refractivity contribution in [3.63, 3.8) is 0 Å². The summed E-state index contributed by atoms with van der Waals surface area (Å²) >= 11 is 0. The molecule has 2 amide bonds. The van der Waals surface area contributed by atoms with E-state index in [1.807, 2.05) is 6.07 Å². The highest BCUT2D eigenvalue weighted by Gasteiger charge is 2.31. The number of carbonyl (C=O) groups excluding carboxylic acids is 3. The molecular weight excluding hydrogens is 270 g/mol. The molecule has 2 aliphatic heterocycles. The molecule has 1 saturated heterocycles. The normalized spacial score (nSPS) is 24.7. The van der Waals surface area contributed by atoms with E-state index >= 15 is 0 Å². The summed E-state index contributed by atoms with van der Waals surface area (Å²) in [5, 5.41) is 2.57. The zero-order valence-corrected chi connectivity index (χ0v) is 11.8. The van der Waals surface area contributed by atoms with Crippen molar-refractivity contribution in [2.75, 3.05) is 16.8 Å². The summed E-state index contributed by atoms with van der Waals surface area (Å²) < 4.78 is 0. The molecular formula is C15H17N3O3. The average molecular weight is 287 g/mol. The lowest BCUT2D eigenvalue weighted by Crippen LogP contribution is -2.45. The van der Waals surface area contributed by atoms with Gasteiger partial charge in [-0.25, -0.2) is 0 Å². The number of fused-ring (bicyclic) bond motifs is 1. The molecule has 0 radical (unpaired) electrons. The molecule has 0 saturated carbocycles. The summed E-state index contributed by atoms with van der Waals surface area (Å²) in [5.41, 5.74) is 7.24. The van der Waals surface area contributed by atoms with Gasteiger partial charge in [0.15, 0.2) is 0 Å². The molecule has 2 atom stereocenters. The lowest BCUT2D eigenvalue weighted by atomic mass is 9.92. The van der Waals surface area contributed by atoms with E-state index in [-0.39, 0.29) is 17.9 Å². The number of Topliss-reactive ketones (excluding diaryl/α,β-unsaturated/α-hetero) is 1. The number of nitrogens with zero attached hydrogens (tertiary/aromatic N) is 1. The van der Waals surface area contributed by atoms with Gasteiger partial charge in [-0.3, -0.25) is 14.4 Å². The number of nitrogens with two attached hydrogens (primary N) is 1. The van der Waals surface area contributed by atoms with E-state index in [4.69, 9.17) is 5.73 Å². The number of piperidine rings is 1. The van der Waals surface area contributed by atoms with Gasteiger partial charge < -0.3 is 16.0 Å². The number of hydrogen-bond donors (Lipinski definition) is 2. The Labute approximate surface area is 122 Å². The van der Waals surface area contributed by atoms with Gasteiger partial charge in [0.2, 0.25) is 5.91 Å². The van der Waals surface area contributed by atoms with Crippen molar-refractivity contribution in [3.8, 4) is 0 Å². The lowest BCUT2D eigenvalue weighted by molar-refractivity contribution is -0.122. The molecule has 110 valence electrons. The topological polar surface area (TPSA) is 92.5 Å². The zero-order valence-electron chi connectivity index (χ0n) is 11.8. The van der Waals surface area contributed by atoms with Gasteiger partial charge in [-0.2, -0.15) is 0 Å². The molecule has 1 fully saturated rings. The van der Waals surface area contributed by atoms with Crippen LogP contribution in [0.2, 0.25) is 0 Å². The quantitative estimate of drug-likeness (QED) is 0.791. The van der Waals surface area contributed by atoms with E-state index in [9.17, 15) is 14.4 Å². The third-order valence-electron chi connectivity index (χ3n) is 4.32. The van der Waals surface area contributed by atoms with E-state index < -0.39 is 11.7 Å². The molecule has 3 rings (SSSR count). The maximum Gasteiger partial charge on any atom is 0.296 e. The van der Waals surface area contributed by atoms with Crippen LogP contribution in [0, 0.1) is 5.92 Å². The Morgan fingerprint density at radius 2 is 2.10 bits per heavy atom. The molecule has 0 spiro atoms. The maximum atomic E-state index is 11.6. The SMILES string of the molecule is CC1CCC(C(N)=O)CN1c1ccc2c(c1)NC(=O)C2=O. The van der Waals surface area contributed by atoms with Crippen LogP contribution in [0.4, 0.5) is 11.4 Å². The molecule has 3 N–H and O–H groups in total. The largest absolute Gasteiger partial charge is 0.369 e. The average Bonchev–Trinajstić information content (AvgIpc) is 2.74. The van der Waals surface area contributed by atoms with Crippen LogP contribution in [0.5, 0.6) is 0 Å². The Bertz CT molecular complexity index is 641. The van der Waals surface area contributed by atoms with Crippen molar-refractivity contribution >= 4 is 29.0 Å². The molecule has 1 aromatic carbocycles. The summed E-state index contributed by atoms with van der Waals surface area (Å²) in [4.78, 5) is 36.5. The number of nitrogens with one attached hydrogen (secondary N) is 1. The van der Waals surface area contributed by atoms with Crippen LogP contribution in [0.3, 0.4) is 0 Å². The molecule has 21 heavy (non-hydrogen) atoms. The maximum absolute atomic E-state index is 11.6. The third kappa shape index (κ3) is 2.26. The van der Waals surface area contributed by atoms with Crippen molar-refractivity contribution in [2.45, 2.75) is 25.8 Å². The fraction of sp³-hybridized carbons (Fsp3) is 0.400. The summed E-state index contributed by atoms with van der Waals surface area (Å²) in [6, 6.07) is 5.55. The molecule has 6 heteroatoms. The molecule has 2 aliphatic rings. The standard InChI is InChI=1S/C15H17N3O3/c1-8-2-3-9(14(16)20)7-18(8)10-4-5-11-12(6-10)17-15(21)13(11)19/h4-6,8-9H,2-3,7H2,1H3,(H2,16,20)(H,17,19,21). The van der Waals surface area contributed by atoms with Crippen LogP contribution in [0.25, 0.3) is 0 Å². The minimum Gasteiger partial charge on any atom is -0.369 e. The smallest absolute Gasteiger partial charge is 0.296 e. The first-order valence-electron chi connectivity index (χ1n) is 7.03. The summed E-state index contributed by atoms with van der Waals surface area (Å²) in [5.74, 6) is -1.54. The van der Waals surface area contributed by atoms with Gasteiger partial charge in [0, 0.05) is 18.3 Å². The van der Waals surface area contributed by atoms with E-state index in [0.717, 1.165) is 18.5 Å². The van der Waals surface area contributed by atoms with E-state index in [1.54, 1.807) is 12.1 Å². The molecule has 6 nitrogen and oxygen atoms in total. The minimum absolute atomic E-state index is 0.161. The Kier molecular flexibility index (Phi) is 3.16. The Balaban J connectivity index is 1.90. The Morgan fingerprint density at radius 1 is 1.33 bits per heavy atom. The molecule has 0 bridgehead atoms. The van der Waals surface area contributed by atoms with Crippen LogP contribution in [-0.4, -0.2) is 30.2 Å². The third-order valence-corrected chi connectivity index (χ3v) is 4.32. The van der Waals surface area contributed by atoms with Gasteiger partial charge in [0.05, 0.1) is 17.2 Å². The van der Waals surface area contributed by atoms with E-state index in [1.165, 1.54) is 0 Å². The zero-order chi connectivity index (χ0) is 15.1. The number of primary amides is 1. The van der Waals surface area contributed by atoms with Crippen molar-refractivity contribution < 1.29 is 14.4 Å². The lowest BCUT2D eigenvalue weighted by Gasteiger charge is -2.38. The molecule has 2 heterocycles. The summed E-state index contributed by atoms with van der Waals surface area (Å²) in [6.07, 6.45) is 1.68. The number of rotatable bonds is 2. The highest BCUT2D eigenvalue weighted by Crippen LogP contribution is 2.32. The van der Waals surface area contributed by atoms with Crippen LogP contribution in [0.15, 0.2) is 18.2 Å². The first-order valence-corrected chi connectivity index (χ1v) is 7.03. The van der Waals surface area contributed by atoms with Crippen LogP contribution < -0.4 is 16.0 Å². The van der Waals surface area contributed by atoms with Crippen LogP contribution >= 0.6 is 0 Å². The Hall–Kier alpha value is -2.37. The number of ketones is 1. The van der Waals surface area contributed by atoms with E-state index in [0.29, 0.717) is 17.8 Å². The molecule has 0 aromatic heterocycles. The van der Waals surface area contributed by atoms with Gasteiger partial charge in [-0.1, -0.05) is 0 Å². The summed E-state index contributed by atoms with van der Waals surface area (Å²) in [6.45, 7) is 2.66. The second-order valence-electron chi connectivity index (χ2n) is 5.69. The fourth-order valence-corrected chi connectivity index (χ4v) is 3.01. The van der Waals surface area contributed by atoms with Gasteiger partial charge in [-0.05, 0) is 38.0 Å². The van der Waals surface area contributed by atoms with E-state index in [2.05, 4.69) is 17.1 Å². The second-order valence-corrected chi connectivity index (χ2v) is 5.69. The predicted molar refractivity (Wildman–Crippen MR) is 78.1 cm³/mol. The Morgan fingerprint density at radius 3 is 2.81 bits per heavy atom. The van der Waals surface area contributed by atoms with Crippen molar-refractivity contribution in [1.82, 2.24) is 0 Å². The predicted octanol–water partition coefficient (Wildman–Crippen LogP) is 0.912. The minimum atomic E-state index is -0.594. The monoisotopic (exact) mass is 287 g/mol. The molecule has 1 aromatic rings. The fourth-order valence-electron chi connectivity index (χ4n) is 3.01. The first kappa shape index (κ1) is 13.6. The number of hydrogen-bond acceptors (Lipinski definition) is 4. The van der Waals surface area contributed by atoms with Gasteiger partial charge in [0.1, 0.15) is 0 Å². The van der Waals surface area contributed by atoms with Crippen molar-refractivity contribution in [1.29, 1.82) is 0 Å². The molecule has 0 aliphatic carbocycles. The van der Waals surface area contributed by atoms with Gasteiger partial charge in [0.25, 0.3) is 11.7 Å². The summed E-state index contributed by atoms with van der Waals surface area (Å²) in [7, 11) is 0. The molecule has 2 unspecified atom stereocenters. The van der Waals surface area contributed by atoms with Crippen LogP contribution in [-0.2, 0) is 9.59 Å². The van der Waals surface area contributed by atoms with Gasteiger partial charge in [-0.15, -0.1) is 0 Å². The number of anilines is 2. The van der Waals surface area contributed by atoms with Crippen molar-refractivity contribution in [2.24, 2.45) is 11.7 Å². The highest BCUT2D eigenvalue weighted by atomic mass is 16.2. The number of amides is 2. The van der Waals surface area contributed by atoms with Gasteiger partial charge >= 0.3 is 0 Å². The number of benzene rings is 1. The number of carbonyl (C=O) groups is 3. The van der Waals surface area contributed by atoms with Crippen molar-refractivity contribution in [3.05, 3.63) is 23.8 Å². The second kappa shape index (κ2) is 4.87. The first-order chi connectivity index (χ1) is 9.97. The highest BCUT2D eigenvalue weighted by molar-refractivity contribution is 6.51. The van der Waals surface area contributed by atoms with Crippen LogP contribution in [0.1, 0.15) is 30.1 Å².